The van der Waals surface area contributed by atoms with Crippen LogP contribution in [0.25, 0.3) is 0 Å². The first-order valence-corrected chi connectivity index (χ1v) is 4.08. The molecule has 1 amide bonds. The quantitative estimate of drug-likeness (QED) is 0.657. The number of nitrogens with one attached hydrogen (secondary N) is 1. The zero-order valence-electron chi connectivity index (χ0n) is 7.22. The molecular weight excluding hydrogens is 154 g/mol. The van der Waals surface area contributed by atoms with Crippen molar-refractivity contribution in [3.63, 3.8) is 0 Å². The number of carbonyl (C=O) groups is 1. The molecule has 0 atom stereocenters. The molecular formula is C8H11N3O. The van der Waals surface area contributed by atoms with Crippen molar-refractivity contribution in [2.75, 3.05) is 0 Å². The van der Waals surface area contributed by atoms with E-state index in [0.29, 0.717) is 12.2 Å². The third-order valence-corrected chi connectivity index (χ3v) is 2.27. The summed E-state index contributed by atoms with van der Waals surface area (Å²) in [5.74, 6) is -0.0414. The first kappa shape index (κ1) is 7.34. The third-order valence-electron chi connectivity index (χ3n) is 2.27. The smallest absolute Gasteiger partial charge is 0.272 e. The van der Waals surface area contributed by atoms with E-state index in [1.807, 2.05) is 18.5 Å². The maximum atomic E-state index is 11.2. The molecule has 4 heteroatoms. The maximum Gasteiger partial charge on any atom is 0.272 e. The molecule has 1 aliphatic rings. The van der Waals surface area contributed by atoms with Crippen LogP contribution in [0, 0.1) is 6.92 Å². The second-order valence-corrected chi connectivity index (χ2v) is 2.91. The van der Waals surface area contributed by atoms with Crippen LogP contribution in [0.15, 0.2) is 0 Å². The summed E-state index contributed by atoms with van der Waals surface area (Å²) in [7, 11) is 0. The summed E-state index contributed by atoms with van der Waals surface area (Å²) in [4.78, 5) is 11.2. The lowest BCUT2D eigenvalue weighted by Gasteiger charge is -2.00. The second kappa shape index (κ2) is 2.33. The lowest BCUT2D eigenvalue weighted by atomic mass is 10.2. The summed E-state index contributed by atoms with van der Waals surface area (Å²) in [6.45, 7) is 5.48. The van der Waals surface area contributed by atoms with Gasteiger partial charge in [0.15, 0.2) is 5.69 Å². The number of nitrogens with zero attached hydrogens (tertiary/aromatic N) is 2. The van der Waals surface area contributed by atoms with E-state index in [2.05, 4.69) is 10.4 Å². The minimum absolute atomic E-state index is 0.0414. The Hall–Kier alpha value is -1.32. The highest BCUT2D eigenvalue weighted by Gasteiger charge is 2.25. The fraction of sp³-hybridized carbons (Fsp3) is 0.500. The van der Waals surface area contributed by atoms with E-state index in [4.69, 9.17) is 0 Å². The standard InChI is InChI=1S/C8H11N3O/c1-3-11-5(2)6-4-9-8(12)7(6)10-11/h3-4H2,1-2H3,(H,9,12). The summed E-state index contributed by atoms with van der Waals surface area (Å²) in [5, 5.41) is 6.94. The van der Waals surface area contributed by atoms with Gasteiger partial charge < -0.3 is 5.32 Å². The molecule has 1 N–H and O–H groups in total. The van der Waals surface area contributed by atoms with Gasteiger partial charge in [-0.15, -0.1) is 0 Å². The Morgan fingerprint density at radius 2 is 2.42 bits per heavy atom. The van der Waals surface area contributed by atoms with Crippen molar-refractivity contribution in [1.29, 1.82) is 0 Å². The topological polar surface area (TPSA) is 46.9 Å². The van der Waals surface area contributed by atoms with Crippen LogP contribution >= 0.6 is 0 Å². The Labute approximate surface area is 70.6 Å². The molecule has 2 heterocycles. The largest absolute Gasteiger partial charge is 0.346 e. The lowest BCUT2D eigenvalue weighted by Crippen LogP contribution is -2.16. The number of amides is 1. The highest BCUT2D eigenvalue weighted by atomic mass is 16.2. The minimum atomic E-state index is -0.0414. The average Bonchev–Trinajstić information content (AvgIpc) is 2.55. The van der Waals surface area contributed by atoms with Gasteiger partial charge in [0.25, 0.3) is 5.91 Å². The normalized spacial score (nSPS) is 14.7. The van der Waals surface area contributed by atoms with E-state index in [1.54, 1.807) is 0 Å². The first-order chi connectivity index (χ1) is 5.74. The molecule has 0 spiro atoms. The Morgan fingerprint density at radius 3 is 3.00 bits per heavy atom. The molecule has 64 valence electrons. The molecule has 1 aliphatic heterocycles. The van der Waals surface area contributed by atoms with Crippen molar-refractivity contribution < 1.29 is 4.79 Å². The molecule has 12 heavy (non-hydrogen) atoms. The van der Waals surface area contributed by atoms with Crippen LogP contribution in [0.1, 0.15) is 28.7 Å². The summed E-state index contributed by atoms with van der Waals surface area (Å²) < 4.78 is 1.86. The van der Waals surface area contributed by atoms with Crippen LogP contribution in [0.4, 0.5) is 0 Å². The van der Waals surface area contributed by atoms with Gasteiger partial charge in [0.1, 0.15) is 0 Å². The monoisotopic (exact) mass is 165 g/mol. The number of aromatic nitrogens is 2. The number of fused-ring (bicyclic) bond motifs is 1. The van der Waals surface area contributed by atoms with Crippen LogP contribution in [0.5, 0.6) is 0 Å². The molecule has 1 aromatic heterocycles. The molecule has 0 radical (unpaired) electrons. The Morgan fingerprint density at radius 1 is 1.67 bits per heavy atom. The zero-order chi connectivity index (χ0) is 8.72. The molecule has 0 aromatic carbocycles. The predicted molar refractivity (Wildman–Crippen MR) is 43.8 cm³/mol. The van der Waals surface area contributed by atoms with E-state index in [9.17, 15) is 4.79 Å². The Kier molecular flexibility index (Phi) is 1.43. The average molecular weight is 165 g/mol. The fourth-order valence-electron chi connectivity index (χ4n) is 1.54. The van der Waals surface area contributed by atoms with Gasteiger partial charge in [-0.3, -0.25) is 9.48 Å². The summed E-state index contributed by atoms with van der Waals surface area (Å²) in [6.07, 6.45) is 0. The van der Waals surface area contributed by atoms with Crippen molar-refractivity contribution in [1.82, 2.24) is 15.1 Å². The molecule has 0 unspecified atom stereocenters. The number of rotatable bonds is 1. The Balaban J connectivity index is 2.57. The zero-order valence-corrected chi connectivity index (χ0v) is 7.22. The number of aryl methyl sites for hydroxylation is 1. The molecule has 1 aromatic rings. The second-order valence-electron chi connectivity index (χ2n) is 2.91. The molecule has 0 saturated carbocycles. The molecule has 0 aliphatic carbocycles. The highest BCUT2D eigenvalue weighted by molar-refractivity contribution is 5.96. The highest BCUT2D eigenvalue weighted by Crippen LogP contribution is 2.17. The Bertz CT molecular complexity index is 340. The third kappa shape index (κ3) is 0.776. The minimum Gasteiger partial charge on any atom is -0.346 e. The maximum absolute atomic E-state index is 11.2. The van der Waals surface area contributed by atoms with Gasteiger partial charge in [-0.25, -0.2) is 0 Å². The van der Waals surface area contributed by atoms with Crippen LogP contribution in [0.3, 0.4) is 0 Å². The van der Waals surface area contributed by atoms with E-state index in [0.717, 1.165) is 17.8 Å². The summed E-state index contributed by atoms with van der Waals surface area (Å²) >= 11 is 0. The van der Waals surface area contributed by atoms with Crippen LogP contribution in [-0.4, -0.2) is 15.7 Å². The van der Waals surface area contributed by atoms with Gasteiger partial charge >= 0.3 is 0 Å². The van der Waals surface area contributed by atoms with Crippen LogP contribution in [0.2, 0.25) is 0 Å². The number of hydrogen-bond acceptors (Lipinski definition) is 2. The van der Waals surface area contributed by atoms with E-state index < -0.39 is 0 Å². The fourth-order valence-corrected chi connectivity index (χ4v) is 1.54. The van der Waals surface area contributed by atoms with Gasteiger partial charge in [-0.1, -0.05) is 0 Å². The van der Waals surface area contributed by atoms with E-state index in [1.165, 1.54) is 0 Å². The van der Waals surface area contributed by atoms with Crippen molar-refractivity contribution >= 4 is 5.91 Å². The SMILES string of the molecule is CCn1nc2c(c1C)CNC2=O. The number of hydrogen-bond donors (Lipinski definition) is 1. The van der Waals surface area contributed by atoms with Crippen molar-refractivity contribution in [2.24, 2.45) is 0 Å². The summed E-state index contributed by atoms with van der Waals surface area (Å²) in [5.41, 5.74) is 2.77. The van der Waals surface area contributed by atoms with Crippen LogP contribution < -0.4 is 5.32 Å². The van der Waals surface area contributed by atoms with E-state index in [-0.39, 0.29) is 5.91 Å². The summed E-state index contributed by atoms with van der Waals surface area (Å²) in [6, 6.07) is 0. The van der Waals surface area contributed by atoms with Gasteiger partial charge in [0.2, 0.25) is 0 Å². The van der Waals surface area contributed by atoms with Gasteiger partial charge in [0, 0.05) is 24.3 Å². The van der Waals surface area contributed by atoms with Gasteiger partial charge in [-0.05, 0) is 13.8 Å². The molecule has 4 nitrogen and oxygen atoms in total. The van der Waals surface area contributed by atoms with Crippen LogP contribution in [-0.2, 0) is 13.1 Å². The van der Waals surface area contributed by atoms with Crippen molar-refractivity contribution in [3.8, 4) is 0 Å². The molecule has 0 bridgehead atoms. The van der Waals surface area contributed by atoms with Crippen molar-refractivity contribution in [3.05, 3.63) is 17.0 Å². The molecule has 2 rings (SSSR count). The first-order valence-electron chi connectivity index (χ1n) is 4.08. The van der Waals surface area contributed by atoms with Gasteiger partial charge in [-0.2, -0.15) is 5.10 Å². The lowest BCUT2D eigenvalue weighted by molar-refractivity contribution is 0.0959. The molecule has 0 fully saturated rings. The van der Waals surface area contributed by atoms with Crippen molar-refractivity contribution in [2.45, 2.75) is 26.9 Å². The number of carbonyl (C=O) groups excluding carboxylic acids is 1. The predicted octanol–water partition coefficient (Wildman–Crippen LogP) is 0.455. The van der Waals surface area contributed by atoms with Gasteiger partial charge in [0.05, 0.1) is 0 Å². The van der Waals surface area contributed by atoms with E-state index >= 15 is 0 Å². The molecule has 0 saturated heterocycles.